The fourth-order valence-corrected chi connectivity index (χ4v) is 2.53. The van der Waals surface area contributed by atoms with E-state index in [9.17, 15) is 13.6 Å². The number of hydrogen-bond donors (Lipinski definition) is 2. The first-order valence-corrected chi connectivity index (χ1v) is 7.01. The first-order chi connectivity index (χ1) is 9.56. The van der Waals surface area contributed by atoms with E-state index < -0.39 is 17.7 Å². The third kappa shape index (κ3) is 4.00. The Labute approximate surface area is 117 Å². The summed E-state index contributed by atoms with van der Waals surface area (Å²) >= 11 is 0. The molecule has 5 heteroatoms. The molecule has 3 nitrogen and oxygen atoms in total. The van der Waals surface area contributed by atoms with Gasteiger partial charge < -0.3 is 10.6 Å². The van der Waals surface area contributed by atoms with Gasteiger partial charge >= 0.3 is 0 Å². The topological polar surface area (TPSA) is 41.1 Å². The predicted molar refractivity (Wildman–Crippen MR) is 73.1 cm³/mol. The zero-order valence-corrected chi connectivity index (χ0v) is 11.6. The lowest BCUT2D eigenvalue weighted by molar-refractivity contribution is -0.122. The van der Waals surface area contributed by atoms with Gasteiger partial charge in [0.15, 0.2) is 0 Å². The van der Waals surface area contributed by atoms with E-state index in [1.54, 1.807) is 6.92 Å². The summed E-state index contributed by atoms with van der Waals surface area (Å²) in [6.45, 7) is 3.63. The number of carbonyl (C=O) groups excluding carboxylic acids is 1. The lowest BCUT2D eigenvalue weighted by atomic mass is 10.0. The molecule has 0 saturated carbocycles. The maximum Gasteiger partial charge on any atom is 0.220 e. The van der Waals surface area contributed by atoms with E-state index in [0.29, 0.717) is 12.3 Å². The smallest absolute Gasteiger partial charge is 0.220 e. The van der Waals surface area contributed by atoms with Crippen LogP contribution in [-0.4, -0.2) is 19.0 Å². The lowest BCUT2D eigenvalue weighted by Gasteiger charge is -2.16. The molecule has 2 atom stereocenters. The van der Waals surface area contributed by atoms with Gasteiger partial charge in [-0.15, -0.1) is 0 Å². The van der Waals surface area contributed by atoms with Crippen LogP contribution in [0.5, 0.6) is 0 Å². The molecule has 1 amide bonds. The average molecular weight is 282 g/mol. The molecule has 1 aliphatic rings. The summed E-state index contributed by atoms with van der Waals surface area (Å²) in [5.74, 6) is -0.575. The highest BCUT2D eigenvalue weighted by molar-refractivity contribution is 5.76. The van der Waals surface area contributed by atoms with Crippen molar-refractivity contribution in [1.29, 1.82) is 0 Å². The van der Waals surface area contributed by atoms with Crippen molar-refractivity contribution in [3.8, 4) is 0 Å². The molecule has 20 heavy (non-hydrogen) atoms. The van der Waals surface area contributed by atoms with Crippen molar-refractivity contribution >= 4 is 5.91 Å². The molecule has 1 aliphatic heterocycles. The molecule has 1 aromatic carbocycles. The van der Waals surface area contributed by atoms with Gasteiger partial charge in [0.25, 0.3) is 0 Å². The van der Waals surface area contributed by atoms with E-state index in [4.69, 9.17) is 0 Å². The third-order valence-electron chi connectivity index (χ3n) is 3.74. The summed E-state index contributed by atoms with van der Waals surface area (Å²) in [5.41, 5.74) is 0.181. The molecule has 0 spiro atoms. The highest BCUT2D eigenvalue weighted by atomic mass is 19.1. The van der Waals surface area contributed by atoms with Gasteiger partial charge in [-0.3, -0.25) is 4.79 Å². The summed E-state index contributed by atoms with van der Waals surface area (Å²) in [4.78, 5) is 11.8. The van der Waals surface area contributed by atoms with Gasteiger partial charge in [-0.2, -0.15) is 0 Å². The molecule has 2 unspecified atom stereocenters. The fraction of sp³-hybridized carbons (Fsp3) is 0.533. The quantitative estimate of drug-likeness (QED) is 0.871. The number of benzene rings is 1. The maximum atomic E-state index is 13.6. The molecule has 1 aromatic rings. The Morgan fingerprint density at radius 2 is 2.30 bits per heavy atom. The summed E-state index contributed by atoms with van der Waals surface area (Å²) < 4.78 is 26.7. The van der Waals surface area contributed by atoms with Crippen LogP contribution in [0.4, 0.5) is 8.78 Å². The SMILES string of the molecule is CC(NC(=O)CCC1CCNC1)c1cc(F)ccc1F. The largest absolute Gasteiger partial charge is 0.349 e. The summed E-state index contributed by atoms with van der Waals surface area (Å²) in [7, 11) is 0. The Bertz CT molecular complexity index is 473. The van der Waals surface area contributed by atoms with Gasteiger partial charge in [-0.05, 0) is 57.0 Å². The first kappa shape index (κ1) is 14.9. The Balaban J connectivity index is 1.85. The molecule has 2 N–H and O–H groups in total. The Kier molecular flexibility index (Phi) is 5.06. The highest BCUT2D eigenvalue weighted by Gasteiger charge is 2.18. The van der Waals surface area contributed by atoms with Gasteiger partial charge in [0.1, 0.15) is 11.6 Å². The van der Waals surface area contributed by atoms with Crippen LogP contribution in [0.25, 0.3) is 0 Å². The van der Waals surface area contributed by atoms with Gasteiger partial charge in [0.05, 0.1) is 6.04 Å². The normalized spacial score (nSPS) is 19.9. The molecule has 1 fully saturated rings. The number of amides is 1. The zero-order chi connectivity index (χ0) is 14.5. The van der Waals surface area contributed by atoms with E-state index in [1.165, 1.54) is 0 Å². The number of hydrogen-bond acceptors (Lipinski definition) is 2. The summed E-state index contributed by atoms with van der Waals surface area (Å²) in [5, 5.41) is 5.98. The molecule has 2 rings (SSSR count). The van der Waals surface area contributed by atoms with E-state index >= 15 is 0 Å². The molecule has 110 valence electrons. The van der Waals surface area contributed by atoms with E-state index in [1.807, 2.05) is 0 Å². The van der Waals surface area contributed by atoms with Crippen molar-refractivity contribution in [2.24, 2.45) is 5.92 Å². The average Bonchev–Trinajstić information content (AvgIpc) is 2.92. The van der Waals surface area contributed by atoms with Gasteiger partial charge in [-0.25, -0.2) is 8.78 Å². The molecule has 0 aromatic heterocycles. The van der Waals surface area contributed by atoms with Crippen LogP contribution >= 0.6 is 0 Å². The second kappa shape index (κ2) is 6.79. The number of halogens is 2. The van der Waals surface area contributed by atoms with E-state index in [-0.39, 0.29) is 11.5 Å². The maximum absolute atomic E-state index is 13.6. The van der Waals surface area contributed by atoms with Crippen molar-refractivity contribution in [2.45, 2.75) is 32.2 Å². The van der Waals surface area contributed by atoms with Gasteiger partial charge in [-0.1, -0.05) is 0 Å². The van der Waals surface area contributed by atoms with Crippen molar-refractivity contribution in [3.63, 3.8) is 0 Å². The molecule has 0 radical (unpaired) electrons. The summed E-state index contributed by atoms with van der Waals surface area (Å²) in [6, 6.07) is 2.75. The van der Waals surface area contributed by atoms with Crippen molar-refractivity contribution < 1.29 is 13.6 Å². The molecule has 1 heterocycles. The fourth-order valence-electron chi connectivity index (χ4n) is 2.53. The van der Waals surface area contributed by atoms with Crippen molar-refractivity contribution in [2.75, 3.05) is 13.1 Å². The van der Waals surface area contributed by atoms with Crippen molar-refractivity contribution in [1.82, 2.24) is 10.6 Å². The lowest BCUT2D eigenvalue weighted by Crippen LogP contribution is -2.27. The van der Waals surface area contributed by atoms with Crippen LogP contribution in [0.1, 0.15) is 37.8 Å². The molecule has 0 bridgehead atoms. The Morgan fingerprint density at radius 3 is 3.00 bits per heavy atom. The zero-order valence-electron chi connectivity index (χ0n) is 11.6. The first-order valence-electron chi connectivity index (χ1n) is 7.01. The van der Waals surface area contributed by atoms with Gasteiger partial charge in [0, 0.05) is 12.0 Å². The van der Waals surface area contributed by atoms with Crippen LogP contribution in [0.2, 0.25) is 0 Å². The third-order valence-corrected chi connectivity index (χ3v) is 3.74. The molecule has 0 aliphatic carbocycles. The molecule has 1 saturated heterocycles. The van der Waals surface area contributed by atoms with Crippen LogP contribution in [-0.2, 0) is 4.79 Å². The Hall–Kier alpha value is -1.49. The Morgan fingerprint density at radius 1 is 1.50 bits per heavy atom. The number of carbonyl (C=O) groups is 1. The highest BCUT2D eigenvalue weighted by Crippen LogP contribution is 2.19. The standard InChI is InChI=1S/C15H20F2N2O/c1-10(13-8-12(16)3-4-14(13)17)19-15(20)5-2-11-6-7-18-9-11/h3-4,8,10-11,18H,2,5-7,9H2,1H3,(H,19,20). The van der Waals surface area contributed by atoms with Gasteiger partial charge in [0.2, 0.25) is 5.91 Å². The minimum atomic E-state index is -0.528. The number of rotatable bonds is 5. The van der Waals surface area contributed by atoms with Crippen LogP contribution in [0.3, 0.4) is 0 Å². The van der Waals surface area contributed by atoms with Crippen LogP contribution < -0.4 is 10.6 Å². The predicted octanol–water partition coefficient (Wildman–Crippen LogP) is 2.53. The van der Waals surface area contributed by atoms with E-state index in [0.717, 1.165) is 44.1 Å². The van der Waals surface area contributed by atoms with Crippen molar-refractivity contribution in [3.05, 3.63) is 35.4 Å². The second-order valence-electron chi connectivity index (χ2n) is 5.35. The van der Waals surface area contributed by atoms with Crippen LogP contribution in [0.15, 0.2) is 18.2 Å². The minimum absolute atomic E-state index is 0.118. The minimum Gasteiger partial charge on any atom is -0.349 e. The summed E-state index contributed by atoms with van der Waals surface area (Å²) in [6.07, 6.45) is 2.35. The molecular formula is C15H20F2N2O. The van der Waals surface area contributed by atoms with Crippen LogP contribution in [0, 0.1) is 17.6 Å². The second-order valence-corrected chi connectivity index (χ2v) is 5.35. The monoisotopic (exact) mass is 282 g/mol. The number of nitrogens with one attached hydrogen (secondary N) is 2. The molecular weight excluding hydrogens is 262 g/mol. The van der Waals surface area contributed by atoms with E-state index in [2.05, 4.69) is 10.6 Å².